The third kappa shape index (κ3) is 5.64. The Morgan fingerprint density at radius 2 is 2.09 bits per heavy atom. The fourth-order valence-corrected chi connectivity index (χ4v) is 2.44. The minimum absolute atomic E-state index is 0.206. The van der Waals surface area contributed by atoms with E-state index in [0.717, 1.165) is 38.1 Å². The van der Waals surface area contributed by atoms with Crippen LogP contribution in [0, 0.1) is 5.92 Å². The van der Waals surface area contributed by atoms with Gasteiger partial charge in [0.05, 0.1) is 6.61 Å². The van der Waals surface area contributed by atoms with E-state index in [1.54, 1.807) is 11.1 Å². The van der Waals surface area contributed by atoms with E-state index in [4.69, 9.17) is 9.47 Å². The normalized spacial score (nSPS) is 16.6. The van der Waals surface area contributed by atoms with Crippen LogP contribution in [-0.2, 0) is 16.1 Å². The maximum Gasteiger partial charge on any atom is 0.410 e. The van der Waals surface area contributed by atoms with E-state index in [1.807, 2.05) is 39.1 Å². The highest BCUT2D eigenvalue weighted by Crippen LogP contribution is 2.20. The molecule has 1 saturated heterocycles. The lowest BCUT2D eigenvalue weighted by atomic mass is 9.98. The van der Waals surface area contributed by atoms with Crippen LogP contribution in [-0.4, -0.2) is 41.3 Å². The third-order valence-corrected chi connectivity index (χ3v) is 3.61. The predicted molar refractivity (Wildman–Crippen MR) is 84.4 cm³/mol. The summed E-state index contributed by atoms with van der Waals surface area (Å²) in [7, 11) is 0. The van der Waals surface area contributed by atoms with Crippen LogP contribution in [0.4, 0.5) is 4.79 Å². The number of nitrogens with zero attached hydrogens (tertiary/aromatic N) is 2. The number of pyridine rings is 1. The van der Waals surface area contributed by atoms with Crippen molar-refractivity contribution >= 4 is 6.09 Å². The maximum absolute atomic E-state index is 12.0. The van der Waals surface area contributed by atoms with Crippen molar-refractivity contribution in [1.29, 1.82) is 0 Å². The van der Waals surface area contributed by atoms with Gasteiger partial charge in [-0.25, -0.2) is 4.79 Å². The number of hydrogen-bond acceptors (Lipinski definition) is 4. The Kier molecular flexibility index (Phi) is 5.77. The lowest BCUT2D eigenvalue weighted by molar-refractivity contribution is 0.0105. The highest BCUT2D eigenvalue weighted by molar-refractivity contribution is 5.68. The van der Waals surface area contributed by atoms with Crippen LogP contribution in [0.2, 0.25) is 0 Å². The highest BCUT2D eigenvalue weighted by Gasteiger charge is 2.26. The summed E-state index contributed by atoms with van der Waals surface area (Å²) < 4.78 is 11.2. The van der Waals surface area contributed by atoms with Crippen molar-refractivity contribution in [2.45, 2.75) is 45.8 Å². The van der Waals surface area contributed by atoms with Crippen molar-refractivity contribution in [2.24, 2.45) is 5.92 Å². The summed E-state index contributed by atoms with van der Waals surface area (Å²) in [5.41, 5.74) is 0.662. The smallest absolute Gasteiger partial charge is 0.410 e. The van der Waals surface area contributed by atoms with Crippen molar-refractivity contribution in [1.82, 2.24) is 9.88 Å². The first-order valence-corrected chi connectivity index (χ1v) is 7.88. The largest absolute Gasteiger partial charge is 0.444 e. The molecule has 0 unspecified atom stereocenters. The van der Waals surface area contributed by atoms with Gasteiger partial charge in [0.15, 0.2) is 0 Å². The minimum atomic E-state index is -0.430. The molecule has 1 aliphatic rings. The predicted octanol–water partition coefficient (Wildman–Crippen LogP) is 3.25. The van der Waals surface area contributed by atoms with E-state index in [1.165, 1.54) is 0 Å². The molecule has 1 fully saturated rings. The summed E-state index contributed by atoms with van der Waals surface area (Å²) in [4.78, 5) is 17.8. The number of rotatable bonds is 4. The van der Waals surface area contributed by atoms with Gasteiger partial charge in [0.2, 0.25) is 0 Å². The number of carbonyl (C=O) groups excluding carboxylic acids is 1. The average Bonchev–Trinajstić information content (AvgIpc) is 2.47. The molecule has 1 amide bonds. The molecule has 1 aliphatic heterocycles. The molecule has 0 spiro atoms. The summed E-state index contributed by atoms with van der Waals surface area (Å²) in [6.07, 6.45) is 5.31. The Labute approximate surface area is 132 Å². The molecular formula is C17H26N2O3. The SMILES string of the molecule is CC(C)(C)OC(=O)N1CCC(COCc2cccnc2)CC1. The molecule has 1 aromatic rings. The Morgan fingerprint density at radius 1 is 1.36 bits per heavy atom. The molecule has 0 saturated carbocycles. The quantitative estimate of drug-likeness (QED) is 0.857. The van der Waals surface area contributed by atoms with Gasteiger partial charge in [0.25, 0.3) is 0 Å². The van der Waals surface area contributed by atoms with Crippen LogP contribution in [0.1, 0.15) is 39.2 Å². The second kappa shape index (κ2) is 7.58. The molecule has 1 aromatic heterocycles. The summed E-state index contributed by atoms with van der Waals surface area (Å²) >= 11 is 0. The van der Waals surface area contributed by atoms with E-state index >= 15 is 0 Å². The van der Waals surface area contributed by atoms with Crippen LogP contribution in [0.3, 0.4) is 0 Å². The molecular weight excluding hydrogens is 280 g/mol. The number of likely N-dealkylation sites (tertiary alicyclic amines) is 1. The van der Waals surface area contributed by atoms with Gasteiger partial charge in [0.1, 0.15) is 5.60 Å². The number of aromatic nitrogens is 1. The standard InChI is InChI=1S/C17H26N2O3/c1-17(2,3)22-16(20)19-9-6-14(7-10-19)12-21-13-15-5-4-8-18-11-15/h4-5,8,11,14H,6-7,9-10,12-13H2,1-3H3. The topological polar surface area (TPSA) is 51.7 Å². The molecule has 2 rings (SSSR count). The van der Waals surface area contributed by atoms with Gasteiger partial charge < -0.3 is 14.4 Å². The fraction of sp³-hybridized carbons (Fsp3) is 0.647. The zero-order valence-corrected chi connectivity index (χ0v) is 13.7. The number of carbonyl (C=O) groups is 1. The monoisotopic (exact) mass is 306 g/mol. The lowest BCUT2D eigenvalue weighted by Crippen LogP contribution is -2.42. The van der Waals surface area contributed by atoms with Crippen LogP contribution in [0.5, 0.6) is 0 Å². The average molecular weight is 306 g/mol. The van der Waals surface area contributed by atoms with Crippen molar-refractivity contribution in [3.63, 3.8) is 0 Å². The van der Waals surface area contributed by atoms with Gasteiger partial charge in [-0.1, -0.05) is 6.07 Å². The molecule has 2 heterocycles. The summed E-state index contributed by atoms with van der Waals surface area (Å²) in [5.74, 6) is 0.510. The summed E-state index contributed by atoms with van der Waals surface area (Å²) in [6.45, 7) is 8.50. The van der Waals surface area contributed by atoms with Crippen molar-refractivity contribution in [3.8, 4) is 0 Å². The third-order valence-electron chi connectivity index (χ3n) is 3.61. The molecule has 0 atom stereocenters. The zero-order chi connectivity index (χ0) is 16.0. The van der Waals surface area contributed by atoms with Crippen LogP contribution in [0.15, 0.2) is 24.5 Å². The van der Waals surface area contributed by atoms with E-state index < -0.39 is 5.60 Å². The molecule has 0 N–H and O–H groups in total. The molecule has 0 aliphatic carbocycles. The van der Waals surface area contributed by atoms with Crippen molar-refractivity contribution < 1.29 is 14.3 Å². The van der Waals surface area contributed by atoms with E-state index in [9.17, 15) is 4.79 Å². The number of piperidine rings is 1. The Balaban J connectivity index is 1.66. The van der Waals surface area contributed by atoms with Gasteiger partial charge in [0, 0.05) is 32.1 Å². The van der Waals surface area contributed by atoms with Gasteiger partial charge in [-0.05, 0) is 51.2 Å². The second-order valence-corrected chi connectivity index (χ2v) is 6.79. The first-order valence-electron chi connectivity index (χ1n) is 7.88. The number of ether oxygens (including phenoxy) is 2. The van der Waals surface area contributed by atoms with E-state index in [0.29, 0.717) is 12.5 Å². The molecule has 0 bridgehead atoms. The number of amides is 1. The fourth-order valence-electron chi connectivity index (χ4n) is 2.44. The van der Waals surface area contributed by atoms with E-state index in [-0.39, 0.29) is 6.09 Å². The minimum Gasteiger partial charge on any atom is -0.444 e. The zero-order valence-electron chi connectivity index (χ0n) is 13.7. The second-order valence-electron chi connectivity index (χ2n) is 6.79. The molecule has 5 heteroatoms. The highest BCUT2D eigenvalue weighted by atomic mass is 16.6. The molecule has 5 nitrogen and oxygen atoms in total. The van der Waals surface area contributed by atoms with E-state index in [2.05, 4.69) is 4.98 Å². The molecule has 0 radical (unpaired) electrons. The van der Waals surface area contributed by atoms with Crippen LogP contribution < -0.4 is 0 Å². The lowest BCUT2D eigenvalue weighted by Gasteiger charge is -2.33. The first kappa shape index (κ1) is 16.7. The first-order chi connectivity index (χ1) is 10.4. The Hall–Kier alpha value is -1.62. The van der Waals surface area contributed by atoms with Crippen molar-refractivity contribution in [3.05, 3.63) is 30.1 Å². The van der Waals surface area contributed by atoms with Crippen LogP contribution >= 0.6 is 0 Å². The van der Waals surface area contributed by atoms with Gasteiger partial charge in [-0.15, -0.1) is 0 Å². The van der Waals surface area contributed by atoms with Gasteiger partial charge in [-0.2, -0.15) is 0 Å². The maximum atomic E-state index is 12.0. The van der Waals surface area contributed by atoms with Crippen LogP contribution in [0.25, 0.3) is 0 Å². The molecule has 0 aromatic carbocycles. The summed E-state index contributed by atoms with van der Waals surface area (Å²) in [5, 5.41) is 0. The van der Waals surface area contributed by atoms with Crippen molar-refractivity contribution in [2.75, 3.05) is 19.7 Å². The molecule has 122 valence electrons. The van der Waals surface area contributed by atoms with Gasteiger partial charge in [-0.3, -0.25) is 4.98 Å². The van der Waals surface area contributed by atoms with Gasteiger partial charge >= 0.3 is 6.09 Å². The Morgan fingerprint density at radius 3 is 2.68 bits per heavy atom. The Bertz CT molecular complexity index is 463. The summed E-state index contributed by atoms with van der Waals surface area (Å²) in [6, 6.07) is 3.93. The molecule has 22 heavy (non-hydrogen) atoms. The number of hydrogen-bond donors (Lipinski definition) is 0.